The van der Waals surface area contributed by atoms with Gasteiger partial charge < -0.3 is 33.2 Å². The van der Waals surface area contributed by atoms with Crippen LogP contribution in [-0.4, -0.2) is 225 Å². The molecule has 8 aromatic rings. The van der Waals surface area contributed by atoms with E-state index in [0.29, 0.717) is 87.1 Å². The van der Waals surface area contributed by atoms with Gasteiger partial charge in [0.15, 0.2) is 40.8 Å². The van der Waals surface area contributed by atoms with Gasteiger partial charge in [-0.05, 0) is 156 Å². The number of aromatic nitrogens is 10. The van der Waals surface area contributed by atoms with Gasteiger partial charge in [0.05, 0.1) is 116 Å². The Balaban J connectivity index is 0.000000133. The summed E-state index contributed by atoms with van der Waals surface area (Å²) in [6.07, 6.45) is 11.1. The monoisotopic (exact) mass is 1730 g/mol. The Labute approximate surface area is 659 Å². The second-order valence-electron chi connectivity index (χ2n) is 30.1. The van der Waals surface area contributed by atoms with Crippen molar-refractivity contribution in [2.75, 3.05) is 84.4 Å². The third-order valence-corrected chi connectivity index (χ3v) is 30.3. The van der Waals surface area contributed by atoms with Crippen molar-refractivity contribution in [1.82, 2.24) is 64.2 Å². The number of alkyl halides is 1. The molecule has 8 fully saturated rings. The van der Waals surface area contributed by atoms with E-state index in [4.69, 9.17) is 27.9 Å². The summed E-state index contributed by atoms with van der Waals surface area (Å²) >= 11 is 13.1. The van der Waals surface area contributed by atoms with Crippen molar-refractivity contribution in [2.45, 2.75) is 168 Å². The summed E-state index contributed by atoms with van der Waals surface area (Å²) in [5.41, 5.74) is 0.404. The van der Waals surface area contributed by atoms with Crippen LogP contribution in [0, 0.1) is 18.8 Å². The molecule has 0 unspecified atom stereocenters. The third-order valence-electron chi connectivity index (χ3n) is 20.0. The molecule has 580 valence electrons. The number of nitrogens with one attached hydrogen (secondary N) is 3. The first-order valence-electron chi connectivity index (χ1n) is 35.3. The number of fused-ring (bicyclic) bond motifs is 2. The smallest absolute Gasteiger partial charge is 0.399 e. The number of nitrogens with zero attached hydrogens (tertiary/aromatic N) is 12. The minimum absolute atomic E-state index is 0.0204. The van der Waals surface area contributed by atoms with Crippen LogP contribution < -0.4 is 30.3 Å². The molecule has 0 aromatic carbocycles. The van der Waals surface area contributed by atoms with Crippen LogP contribution in [0.4, 0.5) is 11.9 Å². The Morgan fingerprint density at radius 1 is 0.514 bits per heavy atom. The maximum atomic E-state index is 12.0. The van der Waals surface area contributed by atoms with Crippen LogP contribution in [-0.2, 0) is 85.4 Å². The molecule has 0 atom stereocenters. The number of carbonyl (C=O) groups is 2. The van der Waals surface area contributed by atoms with Crippen LogP contribution in [0.15, 0.2) is 65.8 Å². The van der Waals surface area contributed by atoms with Crippen molar-refractivity contribution in [2.24, 2.45) is 11.8 Å². The largest absolute Gasteiger partial charge is 0.507 e. The molecule has 41 heteroatoms. The molecule has 8 aromatic heterocycles. The zero-order valence-electron chi connectivity index (χ0n) is 62.3. The van der Waals surface area contributed by atoms with Crippen molar-refractivity contribution in [1.29, 1.82) is 0 Å². The minimum atomic E-state index is -2.89. The van der Waals surface area contributed by atoms with Crippen LogP contribution in [0.2, 0.25) is 0 Å². The second kappa shape index (κ2) is 33.6. The highest BCUT2D eigenvalue weighted by atomic mass is 79.9. The molecule has 6 saturated heterocycles. The number of halogens is 2. The molecular weight excluding hydrogens is 1640 g/mol. The molecular formula is C66H92B3Br2N15O14S7. The number of thiazole rings is 4. The lowest BCUT2D eigenvalue weighted by Crippen LogP contribution is -2.41. The van der Waals surface area contributed by atoms with Crippen LogP contribution >= 0.6 is 77.2 Å². The standard InChI is InChI=1S/C18H20N6O3S2.C14H23BN2O4S2.C10H15BBrNO2S.C10H16BNO2S.C10H9BrN4O.C4H9NO2S/c25-17(12-4-5-12)21-18-20-15-3-1-2-13(24(15)22-18)14-10-19-16(28-14)11-23-6-8-29(26,27)9-7-23;1-13(2)14(3,4)21-15(20-13)11-9-16-12(22-11)10-17-5-7-23(18,19)8-6-17;1-9(2)10(3,4)15-11(14-9)7-6-13-8(5-12)16-7;1-7-12-6-8(15-7)11-13-9(2,3)10(4,5)14-11;11-7-2-1-3-8-12-10(14-15(7)8)13-9(16)6-4-5-6;6-8(7)3-1-5-2-4-8/h1-3,10,12H,4-9,11H2,(H,21,22,25);9H,5-8,10H2,1-4H3;6H,5H2,1-4H3;6H,1-5H3;1-3,6H,4-5H2,(H,13,14,16);5H,1-4H2. The van der Waals surface area contributed by atoms with Gasteiger partial charge in [0.2, 0.25) is 23.7 Å². The van der Waals surface area contributed by atoms with Crippen molar-refractivity contribution in [3.8, 4) is 10.6 Å². The Bertz CT molecular complexity index is 4730. The van der Waals surface area contributed by atoms with Gasteiger partial charge in [0.25, 0.3) is 0 Å². The molecule has 2 saturated carbocycles. The highest BCUT2D eigenvalue weighted by molar-refractivity contribution is 9.10. The summed E-state index contributed by atoms with van der Waals surface area (Å²) in [5.74, 6) is 2.45. The number of pyridine rings is 2. The topological polar surface area (TPSA) is 346 Å². The number of carbonyl (C=O) groups excluding carboxylic acids is 2. The number of anilines is 2. The highest BCUT2D eigenvalue weighted by Crippen LogP contribution is 2.40. The van der Waals surface area contributed by atoms with Crippen molar-refractivity contribution >= 4 is 177 Å². The fourth-order valence-corrected chi connectivity index (χ4v) is 18.9. The summed E-state index contributed by atoms with van der Waals surface area (Å²) in [6, 6.07) is 11.3. The van der Waals surface area contributed by atoms with E-state index in [-0.39, 0.29) is 102 Å². The average molecular weight is 1740 g/mol. The van der Waals surface area contributed by atoms with E-state index in [2.05, 4.69) is 153 Å². The van der Waals surface area contributed by atoms with E-state index in [9.17, 15) is 34.8 Å². The van der Waals surface area contributed by atoms with Gasteiger partial charge in [-0.15, -0.1) is 55.5 Å². The van der Waals surface area contributed by atoms with E-state index < -0.39 is 29.5 Å². The van der Waals surface area contributed by atoms with Gasteiger partial charge in [0, 0.05) is 75.9 Å². The molecule has 8 aliphatic rings. The lowest BCUT2D eigenvalue weighted by molar-refractivity contribution is -0.118. The Hall–Kier alpha value is -4.66. The van der Waals surface area contributed by atoms with Gasteiger partial charge in [-0.1, -0.05) is 28.1 Å². The number of hydrogen-bond acceptors (Lipinski definition) is 29. The van der Waals surface area contributed by atoms with E-state index in [1.807, 2.05) is 89.6 Å². The van der Waals surface area contributed by atoms with Crippen LogP contribution in [0.3, 0.4) is 0 Å². The summed E-state index contributed by atoms with van der Waals surface area (Å²) in [7, 11) is -9.30. The maximum Gasteiger partial charge on any atom is 0.507 e. The lowest BCUT2D eigenvalue weighted by atomic mass is 9.89. The Morgan fingerprint density at radius 2 is 0.888 bits per heavy atom. The van der Waals surface area contributed by atoms with Crippen molar-refractivity contribution < 1.29 is 62.8 Å². The number of rotatable bonds is 13. The number of sulfone groups is 3. The van der Waals surface area contributed by atoms with Crippen LogP contribution in [0.25, 0.3) is 21.9 Å². The third kappa shape index (κ3) is 21.8. The van der Waals surface area contributed by atoms with Crippen LogP contribution in [0.5, 0.6) is 0 Å². The molecule has 2 aliphatic carbocycles. The molecule has 16 rings (SSSR count). The first-order valence-corrected chi connectivity index (χ1v) is 46.0. The molecule has 0 spiro atoms. The van der Waals surface area contributed by atoms with E-state index in [0.717, 1.165) is 80.5 Å². The molecule has 0 bridgehead atoms. The van der Waals surface area contributed by atoms with Crippen molar-refractivity contribution in [3.63, 3.8) is 0 Å². The molecule has 6 aliphatic heterocycles. The molecule has 3 N–H and O–H groups in total. The molecule has 107 heavy (non-hydrogen) atoms. The van der Waals surface area contributed by atoms with Gasteiger partial charge in [-0.3, -0.25) is 35.0 Å². The Morgan fingerprint density at radius 3 is 1.28 bits per heavy atom. The zero-order chi connectivity index (χ0) is 77.3. The number of amides is 2. The average Bonchev–Trinajstić information content (AvgIpc) is 1.60. The quantitative estimate of drug-likeness (QED) is 0.0592. The molecule has 14 heterocycles. The molecule has 0 radical (unpaired) electrons. The normalized spacial score (nSPS) is 22.0. The zero-order valence-corrected chi connectivity index (χ0v) is 71.2. The SMILES string of the molecule is CC1(C)OB(c2cnc(CBr)s2)OC1(C)C.CC1(C)OB(c2cnc(CN3CCS(=O)(=O)CC3)s2)OC1(C)C.Cc1ncc(B2OC(C)(C)C(C)(C)O2)s1.O=C(Nc1nc2cccc(-c3cnc(CN4CCS(=O)(=O)CC4)s3)n2n1)C1CC1.O=C(Nc1nc2cccc(Br)n2n1)C1CC1.O=S1(=O)CCNCC1. The van der Waals surface area contributed by atoms with Gasteiger partial charge >= 0.3 is 21.4 Å². The summed E-state index contributed by atoms with van der Waals surface area (Å²) < 4.78 is 110. The number of hydrogen-bond donors (Lipinski definition) is 3. The number of aryl methyl sites for hydroxylation is 1. The minimum Gasteiger partial charge on any atom is -0.399 e. The van der Waals surface area contributed by atoms with E-state index in [1.54, 1.807) is 60.6 Å². The maximum absolute atomic E-state index is 12.0. The highest BCUT2D eigenvalue weighted by Gasteiger charge is 2.55. The summed E-state index contributed by atoms with van der Waals surface area (Å²) in [6.45, 7) is 31.4. The predicted molar refractivity (Wildman–Crippen MR) is 428 cm³/mol. The lowest BCUT2D eigenvalue weighted by Gasteiger charge is -2.32. The van der Waals surface area contributed by atoms with E-state index in [1.165, 1.54) is 0 Å². The first-order chi connectivity index (χ1) is 50.2. The van der Waals surface area contributed by atoms with Gasteiger partial charge in [-0.2, -0.15) is 9.97 Å². The molecule has 29 nitrogen and oxygen atoms in total. The fraction of sp³-hybridized carbons (Fsp3) is 0.606. The Kier molecular flexibility index (Phi) is 26.1. The van der Waals surface area contributed by atoms with E-state index >= 15 is 0 Å². The van der Waals surface area contributed by atoms with Gasteiger partial charge in [-0.25, -0.2) is 49.2 Å². The first kappa shape index (κ1) is 83.3. The van der Waals surface area contributed by atoms with Crippen LogP contribution in [0.1, 0.15) is 129 Å². The summed E-state index contributed by atoms with van der Waals surface area (Å²) in [4.78, 5) is 54.8. The van der Waals surface area contributed by atoms with Gasteiger partial charge in [0.1, 0.15) is 19.6 Å². The second-order valence-corrected chi connectivity index (χ2v) is 43.0. The summed E-state index contributed by atoms with van der Waals surface area (Å²) in [5, 5.41) is 21.9. The molecule has 2 amide bonds. The predicted octanol–water partition coefficient (Wildman–Crippen LogP) is 7.04. The van der Waals surface area contributed by atoms with Crippen molar-refractivity contribution in [3.05, 3.63) is 85.8 Å². The fourth-order valence-electron chi connectivity index (χ4n) is 10.9.